The molecule has 0 amide bonds. The monoisotopic (exact) mass is 359 g/mol. The number of aliphatic carboxylic acids is 1. The first-order chi connectivity index (χ1) is 12.7. The van der Waals surface area contributed by atoms with Crippen molar-refractivity contribution < 1.29 is 19.5 Å². The molecule has 2 saturated heterocycles. The van der Waals surface area contributed by atoms with Gasteiger partial charge in [-0.25, -0.2) is 5.48 Å². The summed E-state index contributed by atoms with van der Waals surface area (Å²) >= 11 is 0. The fraction of sp³-hybridized carbons (Fsp3) is 0.571. The highest BCUT2D eigenvalue weighted by atomic mass is 16.6. The number of carboxylic acids is 1. The van der Waals surface area contributed by atoms with Crippen LogP contribution in [0.1, 0.15) is 44.1 Å². The first kappa shape index (κ1) is 19.1. The number of ether oxygens (including phenoxy) is 1. The van der Waals surface area contributed by atoms with Crippen LogP contribution in [0, 0.1) is 11.8 Å². The quantitative estimate of drug-likeness (QED) is 0.358. The lowest BCUT2D eigenvalue weighted by atomic mass is 9.77. The largest absolute Gasteiger partial charge is 0.481 e. The van der Waals surface area contributed by atoms with E-state index in [1.807, 2.05) is 18.2 Å². The molecule has 0 saturated carbocycles. The van der Waals surface area contributed by atoms with Gasteiger partial charge in [-0.15, -0.1) is 0 Å². The lowest BCUT2D eigenvalue weighted by molar-refractivity contribution is -0.137. The van der Waals surface area contributed by atoms with Crippen molar-refractivity contribution >= 4 is 5.97 Å². The average Bonchev–Trinajstić information content (AvgIpc) is 3.24. The van der Waals surface area contributed by atoms with E-state index >= 15 is 0 Å². The van der Waals surface area contributed by atoms with Crippen LogP contribution in [0.25, 0.3) is 0 Å². The Bertz CT molecular complexity index is 589. The Morgan fingerprint density at radius 3 is 2.73 bits per heavy atom. The van der Waals surface area contributed by atoms with Crippen molar-refractivity contribution in [1.82, 2.24) is 5.48 Å². The number of benzene rings is 1. The van der Waals surface area contributed by atoms with Crippen LogP contribution in [0.3, 0.4) is 0 Å². The molecule has 3 rings (SSSR count). The molecule has 0 aromatic heterocycles. The standard InChI is InChI=1S/C21H29NO4/c23-21(24)11-7-2-1-6-10-17-18(20-13-12-19(17)26-20)14-22-25-15-16-8-4-3-5-9-16/h1,3-6,8-9,17-20,22H,2,7,10-15H2,(H,23,24)/t17-,18-,19-,20+/m1/s1. The molecule has 26 heavy (non-hydrogen) atoms. The van der Waals surface area contributed by atoms with Crippen LogP contribution in [0.5, 0.6) is 0 Å². The van der Waals surface area contributed by atoms with E-state index in [9.17, 15) is 4.79 Å². The summed E-state index contributed by atoms with van der Waals surface area (Å²) in [6.45, 7) is 1.38. The molecule has 2 bridgehead atoms. The normalized spacial score (nSPS) is 27.4. The zero-order chi connectivity index (χ0) is 18.2. The third-order valence-corrected chi connectivity index (χ3v) is 5.43. The molecule has 2 N–H and O–H groups in total. The van der Waals surface area contributed by atoms with E-state index in [4.69, 9.17) is 14.7 Å². The molecule has 1 aromatic rings. The van der Waals surface area contributed by atoms with Gasteiger partial charge in [0.15, 0.2) is 0 Å². The molecule has 0 unspecified atom stereocenters. The lowest BCUT2D eigenvalue weighted by Gasteiger charge is -2.27. The maximum atomic E-state index is 10.5. The predicted molar refractivity (Wildman–Crippen MR) is 99.4 cm³/mol. The van der Waals surface area contributed by atoms with Crippen LogP contribution in [0.15, 0.2) is 42.5 Å². The molecule has 0 aliphatic carbocycles. The van der Waals surface area contributed by atoms with Crippen LogP contribution in [-0.4, -0.2) is 29.8 Å². The number of carboxylic acid groups (broad SMARTS) is 1. The molecule has 0 radical (unpaired) electrons. The van der Waals surface area contributed by atoms with Gasteiger partial charge >= 0.3 is 5.97 Å². The van der Waals surface area contributed by atoms with Gasteiger partial charge in [-0.05, 0) is 43.6 Å². The molecule has 142 valence electrons. The maximum Gasteiger partial charge on any atom is 0.303 e. The van der Waals surface area contributed by atoms with E-state index in [0.29, 0.717) is 37.1 Å². The van der Waals surface area contributed by atoms with Crippen molar-refractivity contribution in [2.75, 3.05) is 6.54 Å². The van der Waals surface area contributed by atoms with Gasteiger partial charge in [0.2, 0.25) is 0 Å². The summed E-state index contributed by atoms with van der Waals surface area (Å²) in [4.78, 5) is 16.2. The topological polar surface area (TPSA) is 67.8 Å². The number of unbranched alkanes of at least 4 members (excludes halogenated alkanes) is 1. The number of allylic oxidation sites excluding steroid dienone is 2. The first-order valence-corrected chi connectivity index (χ1v) is 9.65. The summed E-state index contributed by atoms with van der Waals surface area (Å²) in [5.41, 5.74) is 4.30. The maximum absolute atomic E-state index is 10.5. The van der Waals surface area contributed by atoms with E-state index in [-0.39, 0.29) is 6.42 Å². The van der Waals surface area contributed by atoms with Crippen molar-refractivity contribution in [2.24, 2.45) is 11.8 Å². The molecule has 5 nitrogen and oxygen atoms in total. The van der Waals surface area contributed by atoms with Crippen LogP contribution in [-0.2, 0) is 21.0 Å². The number of nitrogens with one attached hydrogen (secondary N) is 1. The molecule has 4 atom stereocenters. The van der Waals surface area contributed by atoms with Crippen LogP contribution in [0.4, 0.5) is 0 Å². The van der Waals surface area contributed by atoms with Crippen LogP contribution >= 0.6 is 0 Å². The van der Waals surface area contributed by atoms with E-state index in [1.54, 1.807) is 0 Å². The molecule has 2 fully saturated rings. The summed E-state index contributed by atoms with van der Waals surface area (Å²) in [6.07, 6.45) is 10.1. The molecule has 1 aromatic carbocycles. The Morgan fingerprint density at radius 2 is 1.96 bits per heavy atom. The van der Waals surface area contributed by atoms with E-state index in [2.05, 4.69) is 29.8 Å². The molecular weight excluding hydrogens is 330 g/mol. The Hall–Kier alpha value is -1.69. The van der Waals surface area contributed by atoms with Crippen LogP contribution in [0.2, 0.25) is 0 Å². The summed E-state index contributed by atoms with van der Waals surface area (Å²) in [5, 5.41) is 8.66. The van der Waals surface area contributed by atoms with Gasteiger partial charge in [0.1, 0.15) is 0 Å². The van der Waals surface area contributed by atoms with Gasteiger partial charge < -0.3 is 9.84 Å². The van der Waals surface area contributed by atoms with Gasteiger partial charge in [-0.1, -0.05) is 42.5 Å². The zero-order valence-corrected chi connectivity index (χ0v) is 15.2. The van der Waals surface area contributed by atoms with Gasteiger partial charge in [0, 0.05) is 18.9 Å². The number of hydrogen-bond acceptors (Lipinski definition) is 4. The minimum absolute atomic E-state index is 0.243. The summed E-state index contributed by atoms with van der Waals surface area (Å²) in [6, 6.07) is 10.1. The molecule has 2 aliphatic heterocycles. The van der Waals surface area contributed by atoms with Crippen molar-refractivity contribution in [1.29, 1.82) is 0 Å². The fourth-order valence-electron chi connectivity index (χ4n) is 4.09. The van der Waals surface area contributed by atoms with Crippen molar-refractivity contribution in [3.8, 4) is 0 Å². The van der Waals surface area contributed by atoms with Gasteiger partial charge in [0.05, 0.1) is 18.8 Å². The second kappa shape index (κ2) is 9.86. The third-order valence-electron chi connectivity index (χ3n) is 5.43. The van der Waals surface area contributed by atoms with Crippen molar-refractivity contribution in [3.63, 3.8) is 0 Å². The van der Waals surface area contributed by atoms with Crippen molar-refractivity contribution in [3.05, 3.63) is 48.0 Å². The van der Waals surface area contributed by atoms with Crippen LogP contribution < -0.4 is 5.48 Å². The van der Waals surface area contributed by atoms with Gasteiger partial charge in [0.25, 0.3) is 0 Å². The Kier molecular flexibility index (Phi) is 7.23. The number of hydroxylamine groups is 1. The molecule has 2 aliphatic rings. The molecule has 2 heterocycles. The molecule has 5 heteroatoms. The molecule has 0 spiro atoms. The highest BCUT2D eigenvalue weighted by Crippen LogP contribution is 2.44. The Labute approximate surface area is 155 Å². The van der Waals surface area contributed by atoms with Gasteiger partial charge in [-0.3, -0.25) is 9.63 Å². The van der Waals surface area contributed by atoms with E-state index < -0.39 is 5.97 Å². The number of fused-ring (bicyclic) bond motifs is 2. The summed E-state index contributed by atoms with van der Waals surface area (Å²) in [5.74, 6) is 0.284. The molecular formula is C21H29NO4. The highest BCUT2D eigenvalue weighted by molar-refractivity contribution is 5.66. The number of hydrogen-bond donors (Lipinski definition) is 2. The second-order valence-electron chi connectivity index (χ2n) is 7.23. The Balaban J connectivity index is 1.39. The SMILES string of the molecule is O=C(O)CCCC=CC[C@@H]1[C@@H](CNOCc2ccccc2)[C@@H]2CC[C@H]1O2. The Morgan fingerprint density at radius 1 is 1.19 bits per heavy atom. The minimum atomic E-state index is -0.721. The van der Waals surface area contributed by atoms with Gasteiger partial charge in [-0.2, -0.15) is 0 Å². The number of carbonyl (C=O) groups is 1. The fourth-order valence-corrected chi connectivity index (χ4v) is 4.09. The van der Waals surface area contributed by atoms with E-state index in [1.165, 1.54) is 0 Å². The first-order valence-electron chi connectivity index (χ1n) is 9.65. The minimum Gasteiger partial charge on any atom is -0.481 e. The zero-order valence-electron chi connectivity index (χ0n) is 15.2. The lowest BCUT2D eigenvalue weighted by Crippen LogP contribution is -2.35. The number of rotatable bonds is 11. The summed E-state index contributed by atoms with van der Waals surface area (Å²) in [7, 11) is 0. The smallest absolute Gasteiger partial charge is 0.303 e. The third kappa shape index (κ3) is 5.40. The van der Waals surface area contributed by atoms with Crippen molar-refractivity contribution in [2.45, 2.75) is 57.3 Å². The second-order valence-corrected chi connectivity index (χ2v) is 7.23. The summed E-state index contributed by atoms with van der Waals surface area (Å²) < 4.78 is 6.12. The highest BCUT2D eigenvalue weighted by Gasteiger charge is 2.47. The average molecular weight is 359 g/mol. The van der Waals surface area contributed by atoms with E-state index in [0.717, 1.165) is 37.8 Å². The predicted octanol–water partition coefficient (Wildman–Crippen LogP) is 3.70.